The van der Waals surface area contributed by atoms with E-state index in [-0.39, 0.29) is 0 Å². The van der Waals surface area contributed by atoms with Crippen molar-refractivity contribution in [2.45, 2.75) is 64.8 Å². The Balaban J connectivity index is 0.000000184. The molecule has 108 valence electrons. The first-order valence-corrected chi connectivity index (χ1v) is 7.58. The molecule has 3 heteroatoms. The van der Waals surface area contributed by atoms with Gasteiger partial charge >= 0.3 is 0 Å². The van der Waals surface area contributed by atoms with E-state index in [2.05, 4.69) is 25.7 Å². The highest BCUT2D eigenvalue weighted by Gasteiger charge is 2.22. The van der Waals surface area contributed by atoms with Crippen LogP contribution in [0.25, 0.3) is 0 Å². The molecule has 3 nitrogen and oxygen atoms in total. The van der Waals surface area contributed by atoms with E-state index in [4.69, 9.17) is 4.84 Å². The summed E-state index contributed by atoms with van der Waals surface area (Å²) in [5, 5.41) is 2.02. The van der Waals surface area contributed by atoms with E-state index < -0.39 is 0 Å². The fourth-order valence-electron chi connectivity index (χ4n) is 2.61. The third kappa shape index (κ3) is 6.17. The van der Waals surface area contributed by atoms with Gasteiger partial charge in [-0.2, -0.15) is 5.06 Å². The fourth-order valence-corrected chi connectivity index (χ4v) is 2.61. The second kappa shape index (κ2) is 8.13. The molecule has 0 aromatic carbocycles. The van der Waals surface area contributed by atoms with Crippen LogP contribution in [0.4, 0.5) is 0 Å². The second-order valence-corrected chi connectivity index (χ2v) is 6.39. The number of rotatable bonds is 1. The van der Waals surface area contributed by atoms with Gasteiger partial charge in [-0.1, -0.05) is 12.8 Å². The molecule has 0 saturated carbocycles. The van der Waals surface area contributed by atoms with Gasteiger partial charge in [0.15, 0.2) is 0 Å². The molecule has 0 N–H and O–H groups in total. The van der Waals surface area contributed by atoms with Crippen LogP contribution in [0.5, 0.6) is 0 Å². The average molecular weight is 256 g/mol. The van der Waals surface area contributed by atoms with Crippen LogP contribution in [0.15, 0.2) is 0 Å². The molecule has 0 unspecified atom stereocenters. The van der Waals surface area contributed by atoms with E-state index >= 15 is 0 Å². The number of hydroxylamine groups is 2. The van der Waals surface area contributed by atoms with Gasteiger partial charge in [-0.15, -0.1) is 0 Å². The summed E-state index contributed by atoms with van der Waals surface area (Å²) in [6, 6.07) is 0. The third-order valence-corrected chi connectivity index (χ3v) is 3.88. The first kappa shape index (κ1) is 15.9. The van der Waals surface area contributed by atoms with Crippen molar-refractivity contribution in [2.75, 3.05) is 33.3 Å². The van der Waals surface area contributed by atoms with Gasteiger partial charge in [0.25, 0.3) is 0 Å². The maximum atomic E-state index is 5.02. The molecule has 0 aromatic rings. The lowest BCUT2D eigenvalue weighted by atomic mass is 10.0. The highest BCUT2D eigenvalue weighted by molar-refractivity contribution is 4.78. The van der Waals surface area contributed by atoms with Crippen molar-refractivity contribution in [1.82, 2.24) is 9.96 Å². The van der Waals surface area contributed by atoms with E-state index in [1.165, 1.54) is 51.6 Å². The summed E-state index contributed by atoms with van der Waals surface area (Å²) in [4.78, 5) is 7.60. The maximum Gasteiger partial charge on any atom is 0.0575 e. The Hall–Kier alpha value is -0.120. The summed E-state index contributed by atoms with van der Waals surface area (Å²) in [6.45, 7) is 11.8. The molecule has 0 bridgehead atoms. The molecule has 0 amide bonds. The van der Waals surface area contributed by atoms with Crippen molar-refractivity contribution in [1.29, 1.82) is 0 Å². The molecular formula is C15H32N2O. The van der Waals surface area contributed by atoms with Crippen LogP contribution in [-0.4, -0.2) is 48.8 Å². The molecule has 2 fully saturated rings. The SMILES string of the molecule is CC(C)(C)N1CCCCC1.CON1CCCCC1. The predicted octanol–water partition coefficient (Wildman–Crippen LogP) is 3.30. The van der Waals surface area contributed by atoms with Crippen LogP contribution in [0.2, 0.25) is 0 Å². The number of likely N-dealkylation sites (tertiary alicyclic amines) is 1. The van der Waals surface area contributed by atoms with Gasteiger partial charge in [-0.3, -0.25) is 4.90 Å². The molecule has 0 spiro atoms. The highest BCUT2D eigenvalue weighted by atomic mass is 16.7. The Bertz CT molecular complexity index is 201. The van der Waals surface area contributed by atoms with E-state index in [1.54, 1.807) is 7.11 Å². The molecule has 2 aliphatic heterocycles. The van der Waals surface area contributed by atoms with Crippen molar-refractivity contribution in [3.05, 3.63) is 0 Å². The minimum atomic E-state index is 0.403. The summed E-state index contributed by atoms with van der Waals surface area (Å²) in [7, 11) is 1.74. The zero-order valence-electron chi connectivity index (χ0n) is 12.9. The summed E-state index contributed by atoms with van der Waals surface area (Å²) in [6.07, 6.45) is 8.21. The van der Waals surface area contributed by atoms with Crippen molar-refractivity contribution < 1.29 is 4.84 Å². The van der Waals surface area contributed by atoms with Gasteiger partial charge in [0.1, 0.15) is 0 Å². The van der Waals surface area contributed by atoms with Crippen molar-refractivity contribution in [3.8, 4) is 0 Å². The lowest BCUT2D eigenvalue weighted by molar-refractivity contribution is -0.141. The molecule has 2 saturated heterocycles. The van der Waals surface area contributed by atoms with Crippen LogP contribution in [0.1, 0.15) is 59.3 Å². The second-order valence-electron chi connectivity index (χ2n) is 6.39. The number of piperidine rings is 2. The van der Waals surface area contributed by atoms with Gasteiger partial charge in [-0.25, -0.2) is 0 Å². The standard InChI is InChI=1S/C9H19N.C6H13NO/c1-9(2,3)10-7-5-4-6-8-10;1-8-7-5-3-2-4-6-7/h4-8H2,1-3H3;2-6H2,1H3. The normalized spacial score (nSPS) is 23.3. The van der Waals surface area contributed by atoms with Crippen LogP contribution in [-0.2, 0) is 4.84 Å². The minimum absolute atomic E-state index is 0.403. The number of hydrogen-bond acceptors (Lipinski definition) is 3. The largest absolute Gasteiger partial charge is 0.302 e. The Kier molecular flexibility index (Phi) is 7.20. The molecule has 0 radical (unpaired) electrons. The summed E-state index contributed by atoms with van der Waals surface area (Å²) < 4.78 is 0. The monoisotopic (exact) mass is 256 g/mol. The highest BCUT2D eigenvalue weighted by Crippen LogP contribution is 2.19. The first-order chi connectivity index (χ1) is 8.54. The van der Waals surface area contributed by atoms with Gasteiger partial charge in [0.2, 0.25) is 0 Å². The van der Waals surface area contributed by atoms with Gasteiger partial charge in [0, 0.05) is 18.6 Å². The van der Waals surface area contributed by atoms with Gasteiger partial charge in [0.05, 0.1) is 7.11 Å². The van der Waals surface area contributed by atoms with Crippen molar-refractivity contribution >= 4 is 0 Å². The average Bonchev–Trinajstić information content (AvgIpc) is 2.40. The Morgan fingerprint density at radius 2 is 1.17 bits per heavy atom. The Labute approximate surface area is 113 Å². The van der Waals surface area contributed by atoms with Crippen LogP contribution < -0.4 is 0 Å². The topological polar surface area (TPSA) is 15.7 Å². The van der Waals surface area contributed by atoms with Gasteiger partial charge in [-0.05, 0) is 59.5 Å². The molecule has 18 heavy (non-hydrogen) atoms. The lowest BCUT2D eigenvalue weighted by Gasteiger charge is -2.38. The summed E-state index contributed by atoms with van der Waals surface area (Å²) >= 11 is 0. The number of nitrogens with zero attached hydrogens (tertiary/aromatic N) is 2. The minimum Gasteiger partial charge on any atom is -0.302 e. The quantitative estimate of drug-likeness (QED) is 0.716. The molecule has 0 aromatic heterocycles. The first-order valence-electron chi connectivity index (χ1n) is 7.58. The van der Waals surface area contributed by atoms with Crippen LogP contribution >= 0.6 is 0 Å². The van der Waals surface area contributed by atoms with Crippen molar-refractivity contribution in [3.63, 3.8) is 0 Å². The van der Waals surface area contributed by atoms with E-state index in [0.717, 1.165) is 13.1 Å². The van der Waals surface area contributed by atoms with Crippen molar-refractivity contribution in [2.24, 2.45) is 0 Å². The van der Waals surface area contributed by atoms with Gasteiger partial charge < -0.3 is 4.84 Å². The zero-order valence-corrected chi connectivity index (χ0v) is 12.9. The summed E-state index contributed by atoms with van der Waals surface area (Å²) in [5.41, 5.74) is 0.403. The maximum absolute atomic E-state index is 5.02. The molecular weight excluding hydrogens is 224 g/mol. The summed E-state index contributed by atoms with van der Waals surface area (Å²) in [5.74, 6) is 0. The van der Waals surface area contributed by atoms with Crippen LogP contribution in [0, 0.1) is 0 Å². The molecule has 2 heterocycles. The predicted molar refractivity (Wildman–Crippen MR) is 77.6 cm³/mol. The molecule has 0 atom stereocenters. The zero-order chi connectivity index (χ0) is 13.4. The van der Waals surface area contributed by atoms with E-state index in [0.29, 0.717) is 5.54 Å². The van der Waals surface area contributed by atoms with E-state index in [9.17, 15) is 0 Å². The number of hydrogen-bond donors (Lipinski definition) is 0. The molecule has 2 rings (SSSR count). The molecule has 0 aliphatic carbocycles. The molecule has 2 aliphatic rings. The third-order valence-electron chi connectivity index (χ3n) is 3.88. The smallest absolute Gasteiger partial charge is 0.0575 e. The van der Waals surface area contributed by atoms with Crippen LogP contribution in [0.3, 0.4) is 0 Å². The lowest BCUT2D eigenvalue weighted by Crippen LogP contribution is -2.44. The fraction of sp³-hybridized carbons (Fsp3) is 1.00. The Morgan fingerprint density at radius 3 is 1.44 bits per heavy atom. The Morgan fingerprint density at radius 1 is 0.722 bits per heavy atom. The van der Waals surface area contributed by atoms with E-state index in [1.807, 2.05) is 5.06 Å².